The molecular weight excluding hydrogens is 262 g/mol. The van der Waals surface area contributed by atoms with Crippen LogP contribution in [-0.2, 0) is 12.8 Å². The van der Waals surface area contributed by atoms with Gasteiger partial charge in [-0.05, 0) is 61.1 Å². The van der Waals surface area contributed by atoms with Crippen molar-refractivity contribution in [1.82, 2.24) is 0 Å². The highest BCUT2D eigenvalue weighted by molar-refractivity contribution is 6.09. The molecule has 0 saturated heterocycles. The number of rotatable bonds is 0. The molecule has 4 rings (SSSR count). The van der Waals surface area contributed by atoms with E-state index in [1.54, 1.807) is 6.07 Å². The number of hydrogen-bond acceptors (Lipinski definition) is 2. The lowest BCUT2D eigenvalue weighted by atomic mass is 9.98. The van der Waals surface area contributed by atoms with E-state index in [9.17, 15) is 9.90 Å². The van der Waals surface area contributed by atoms with Crippen molar-refractivity contribution in [1.29, 1.82) is 0 Å². The maximum absolute atomic E-state index is 13.0. The molecule has 21 heavy (non-hydrogen) atoms. The molecule has 2 aromatic rings. The third-order valence-electron chi connectivity index (χ3n) is 4.69. The Balaban J connectivity index is 1.86. The van der Waals surface area contributed by atoms with Crippen LogP contribution in [0.4, 0.5) is 5.69 Å². The van der Waals surface area contributed by atoms with Crippen molar-refractivity contribution in [2.24, 2.45) is 0 Å². The van der Waals surface area contributed by atoms with E-state index in [0.29, 0.717) is 0 Å². The quantitative estimate of drug-likeness (QED) is 0.804. The van der Waals surface area contributed by atoms with Crippen LogP contribution in [0.5, 0.6) is 5.75 Å². The molecule has 0 bridgehead atoms. The molecule has 2 aliphatic rings. The molecule has 0 radical (unpaired) electrons. The van der Waals surface area contributed by atoms with Crippen molar-refractivity contribution >= 4 is 11.6 Å². The Bertz CT molecular complexity index is 751. The lowest BCUT2D eigenvalue weighted by Crippen LogP contribution is -2.36. The lowest BCUT2D eigenvalue weighted by Gasteiger charge is -2.23. The van der Waals surface area contributed by atoms with Crippen molar-refractivity contribution in [2.45, 2.75) is 32.2 Å². The fourth-order valence-corrected chi connectivity index (χ4v) is 3.56. The van der Waals surface area contributed by atoms with Crippen molar-refractivity contribution in [3.63, 3.8) is 0 Å². The van der Waals surface area contributed by atoms with E-state index in [4.69, 9.17) is 0 Å². The first kappa shape index (κ1) is 12.5. The number of phenolic OH excluding ortho intramolecular Hbond substituents is 1. The molecule has 1 amide bonds. The van der Waals surface area contributed by atoms with E-state index in [0.717, 1.165) is 41.6 Å². The van der Waals surface area contributed by atoms with E-state index in [1.807, 2.05) is 36.1 Å². The first-order chi connectivity index (χ1) is 10.1. The molecule has 2 heterocycles. The summed E-state index contributed by atoms with van der Waals surface area (Å²) >= 11 is 0. The second-order valence-electron chi connectivity index (χ2n) is 6.00. The predicted molar refractivity (Wildman–Crippen MR) is 81.9 cm³/mol. The van der Waals surface area contributed by atoms with Gasteiger partial charge in [-0.15, -0.1) is 0 Å². The summed E-state index contributed by atoms with van der Waals surface area (Å²) < 4.78 is 0. The molecule has 0 spiro atoms. The summed E-state index contributed by atoms with van der Waals surface area (Å²) in [6, 6.07) is 12.0. The fraction of sp³-hybridized carbons (Fsp3) is 0.278. The Morgan fingerprint density at radius 3 is 2.86 bits per heavy atom. The van der Waals surface area contributed by atoms with E-state index < -0.39 is 0 Å². The van der Waals surface area contributed by atoms with Crippen LogP contribution in [0.3, 0.4) is 0 Å². The SMILES string of the molecule is Cc1cc2c(cc1O)CC[C@@H]1Cc3ccccc3N1C2=O. The number of nitrogens with zero attached hydrogens (tertiary/aromatic N) is 1. The average Bonchev–Trinajstić information content (AvgIpc) is 2.80. The monoisotopic (exact) mass is 279 g/mol. The second-order valence-corrected chi connectivity index (χ2v) is 6.00. The molecule has 0 aromatic heterocycles. The third kappa shape index (κ3) is 1.77. The maximum atomic E-state index is 13.0. The third-order valence-corrected chi connectivity index (χ3v) is 4.69. The number of aryl methyl sites for hydroxylation is 2. The summed E-state index contributed by atoms with van der Waals surface area (Å²) in [5, 5.41) is 9.89. The number of amides is 1. The zero-order valence-corrected chi connectivity index (χ0v) is 12.0. The molecule has 2 aliphatic heterocycles. The van der Waals surface area contributed by atoms with Crippen LogP contribution in [0.25, 0.3) is 0 Å². The van der Waals surface area contributed by atoms with Gasteiger partial charge in [0, 0.05) is 17.3 Å². The number of anilines is 1. The lowest BCUT2D eigenvalue weighted by molar-refractivity contribution is 0.0981. The molecule has 0 fully saturated rings. The zero-order chi connectivity index (χ0) is 14.6. The largest absolute Gasteiger partial charge is 0.508 e. The van der Waals surface area contributed by atoms with Gasteiger partial charge in [-0.3, -0.25) is 4.79 Å². The minimum absolute atomic E-state index is 0.0700. The Labute approximate surface area is 123 Å². The van der Waals surface area contributed by atoms with Crippen molar-refractivity contribution < 1.29 is 9.90 Å². The van der Waals surface area contributed by atoms with Gasteiger partial charge in [0.2, 0.25) is 0 Å². The normalized spacial score (nSPS) is 19.8. The van der Waals surface area contributed by atoms with Crippen LogP contribution in [0.15, 0.2) is 36.4 Å². The van der Waals surface area contributed by atoms with Crippen LogP contribution < -0.4 is 4.90 Å². The van der Waals surface area contributed by atoms with Gasteiger partial charge in [0.1, 0.15) is 5.75 Å². The number of benzene rings is 2. The predicted octanol–water partition coefficient (Wildman–Crippen LogP) is 3.22. The number of fused-ring (bicyclic) bond motifs is 4. The van der Waals surface area contributed by atoms with Crippen LogP contribution in [0.1, 0.15) is 33.5 Å². The van der Waals surface area contributed by atoms with Gasteiger partial charge < -0.3 is 10.0 Å². The first-order valence-electron chi connectivity index (χ1n) is 7.39. The summed E-state index contributed by atoms with van der Waals surface area (Å²) in [6.07, 6.45) is 2.71. The second kappa shape index (κ2) is 4.35. The minimum atomic E-state index is 0.0700. The summed E-state index contributed by atoms with van der Waals surface area (Å²) in [4.78, 5) is 14.9. The number of carbonyl (C=O) groups is 1. The number of carbonyl (C=O) groups excluding carboxylic acids is 1. The van der Waals surface area contributed by atoms with Gasteiger partial charge in [0.05, 0.1) is 0 Å². The highest BCUT2D eigenvalue weighted by atomic mass is 16.3. The number of aromatic hydroxyl groups is 1. The summed E-state index contributed by atoms with van der Waals surface area (Å²) in [5.74, 6) is 0.351. The molecular formula is C18H17NO2. The van der Waals surface area contributed by atoms with Crippen molar-refractivity contribution in [2.75, 3.05) is 4.90 Å². The Hall–Kier alpha value is -2.29. The molecule has 0 saturated carbocycles. The number of hydrogen-bond donors (Lipinski definition) is 1. The van der Waals surface area contributed by atoms with Crippen LogP contribution >= 0.6 is 0 Å². The van der Waals surface area contributed by atoms with Gasteiger partial charge in [-0.1, -0.05) is 18.2 Å². The Kier molecular flexibility index (Phi) is 2.58. The van der Waals surface area contributed by atoms with Gasteiger partial charge in [0.15, 0.2) is 0 Å². The molecule has 3 heteroatoms. The molecule has 2 aromatic carbocycles. The topological polar surface area (TPSA) is 40.5 Å². The number of phenols is 1. The molecule has 0 unspecified atom stereocenters. The Morgan fingerprint density at radius 1 is 1.19 bits per heavy atom. The van der Waals surface area contributed by atoms with Gasteiger partial charge in [0.25, 0.3) is 5.91 Å². The average molecular weight is 279 g/mol. The first-order valence-corrected chi connectivity index (χ1v) is 7.39. The maximum Gasteiger partial charge on any atom is 0.258 e. The zero-order valence-electron chi connectivity index (χ0n) is 12.0. The highest BCUT2D eigenvalue weighted by Gasteiger charge is 2.37. The van der Waals surface area contributed by atoms with E-state index in [-0.39, 0.29) is 17.7 Å². The molecule has 1 N–H and O–H groups in total. The molecule has 106 valence electrons. The van der Waals surface area contributed by atoms with E-state index in [2.05, 4.69) is 6.07 Å². The van der Waals surface area contributed by atoms with E-state index in [1.165, 1.54) is 5.56 Å². The summed E-state index contributed by atoms with van der Waals surface area (Å²) in [5.41, 5.74) is 4.77. The van der Waals surface area contributed by atoms with E-state index >= 15 is 0 Å². The minimum Gasteiger partial charge on any atom is -0.508 e. The summed E-state index contributed by atoms with van der Waals surface area (Å²) in [7, 11) is 0. The van der Waals surface area contributed by atoms with Crippen LogP contribution in [0, 0.1) is 6.92 Å². The Morgan fingerprint density at radius 2 is 2.00 bits per heavy atom. The smallest absolute Gasteiger partial charge is 0.258 e. The number of para-hydroxylation sites is 1. The van der Waals surface area contributed by atoms with Crippen LogP contribution in [0.2, 0.25) is 0 Å². The molecule has 0 aliphatic carbocycles. The molecule has 1 atom stereocenters. The van der Waals surface area contributed by atoms with Gasteiger partial charge >= 0.3 is 0 Å². The van der Waals surface area contributed by atoms with Crippen molar-refractivity contribution in [3.05, 3.63) is 58.7 Å². The summed E-state index contributed by atoms with van der Waals surface area (Å²) in [6.45, 7) is 1.84. The van der Waals surface area contributed by atoms with Crippen molar-refractivity contribution in [3.8, 4) is 5.75 Å². The molecule has 3 nitrogen and oxygen atoms in total. The van der Waals surface area contributed by atoms with Gasteiger partial charge in [-0.25, -0.2) is 0 Å². The van der Waals surface area contributed by atoms with Gasteiger partial charge in [-0.2, -0.15) is 0 Å². The fourth-order valence-electron chi connectivity index (χ4n) is 3.56. The standard InChI is InChI=1S/C18H17NO2/c1-11-8-15-12(10-17(11)20)6-7-14-9-13-4-2-3-5-16(13)19(14)18(15)21/h2-5,8,10,14,20H,6-7,9H2,1H3/t14-/m1/s1. The highest BCUT2D eigenvalue weighted by Crippen LogP contribution is 2.38. The van der Waals surface area contributed by atoms with Crippen LogP contribution in [-0.4, -0.2) is 17.1 Å².